The van der Waals surface area contributed by atoms with Crippen LogP contribution in [0.2, 0.25) is 0 Å². The van der Waals surface area contributed by atoms with E-state index in [2.05, 4.69) is 103 Å². The smallest absolute Gasteiger partial charge is 0.253 e. The third-order valence-corrected chi connectivity index (χ3v) is 8.35. The molecule has 0 aliphatic carbocycles. The van der Waals surface area contributed by atoms with E-state index in [9.17, 15) is 9.59 Å². The van der Waals surface area contributed by atoms with Crippen molar-refractivity contribution < 1.29 is 9.59 Å². The van der Waals surface area contributed by atoms with Crippen molar-refractivity contribution in [2.75, 3.05) is 39.3 Å². The van der Waals surface area contributed by atoms with Crippen LogP contribution in [0.3, 0.4) is 0 Å². The first-order chi connectivity index (χ1) is 18.8. The third kappa shape index (κ3) is 6.25. The molecule has 2 heterocycles. The summed E-state index contributed by atoms with van der Waals surface area (Å²) in [5.41, 5.74) is 4.59. The molecule has 0 saturated carbocycles. The predicted octanol–water partition coefficient (Wildman–Crippen LogP) is 5.77. The number of piperidine rings is 1. The maximum Gasteiger partial charge on any atom is 0.253 e. The van der Waals surface area contributed by atoms with Crippen molar-refractivity contribution in [2.45, 2.75) is 45.1 Å². The molecular formula is C34H41N3O2. The Hall–Kier alpha value is -3.44. The van der Waals surface area contributed by atoms with Crippen LogP contribution in [0.4, 0.5) is 0 Å². The van der Waals surface area contributed by atoms with Gasteiger partial charge in [-0.3, -0.25) is 14.5 Å². The summed E-state index contributed by atoms with van der Waals surface area (Å²) in [6.07, 6.45) is 1.48. The highest BCUT2D eigenvalue weighted by Gasteiger charge is 2.33. The van der Waals surface area contributed by atoms with Crippen LogP contribution < -0.4 is 0 Å². The number of amides is 2. The van der Waals surface area contributed by atoms with Gasteiger partial charge < -0.3 is 9.80 Å². The second-order valence-corrected chi connectivity index (χ2v) is 12.0. The van der Waals surface area contributed by atoms with Crippen LogP contribution in [0.25, 0.3) is 0 Å². The normalized spacial score (nSPS) is 17.4. The Morgan fingerprint density at radius 3 is 1.67 bits per heavy atom. The van der Waals surface area contributed by atoms with Crippen LogP contribution in [-0.4, -0.2) is 65.8 Å². The van der Waals surface area contributed by atoms with Gasteiger partial charge in [-0.1, -0.05) is 93.6 Å². The van der Waals surface area contributed by atoms with Crippen molar-refractivity contribution in [1.82, 2.24) is 14.7 Å². The van der Waals surface area contributed by atoms with E-state index in [1.807, 2.05) is 17.0 Å². The Kier molecular flexibility index (Phi) is 8.18. The van der Waals surface area contributed by atoms with E-state index in [-0.39, 0.29) is 29.2 Å². The molecule has 0 bridgehead atoms. The summed E-state index contributed by atoms with van der Waals surface area (Å²) in [6.45, 7) is 11.0. The quantitative estimate of drug-likeness (QED) is 0.427. The van der Waals surface area contributed by atoms with Crippen molar-refractivity contribution in [1.29, 1.82) is 0 Å². The Bertz CT molecular complexity index is 1200. The second-order valence-electron chi connectivity index (χ2n) is 12.0. The van der Waals surface area contributed by atoms with E-state index in [4.69, 9.17) is 0 Å². The van der Waals surface area contributed by atoms with Crippen LogP contribution in [-0.2, 0) is 10.2 Å². The fraction of sp³-hybridized carbons (Fsp3) is 0.412. The van der Waals surface area contributed by atoms with Gasteiger partial charge in [0, 0.05) is 50.7 Å². The van der Waals surface area contributed by atoms with Crippen LogP contribution >= 0.6 is 0 Å². The van der Waals surface area contributed by atoms with E-state index in [0.717, 1.165) is 44.6 Å². The number of carbonyl (C=O) groups excluding carboxylic acids is 2. The highest BCUT2D eigenvalue weighted by molar-refractivity contribution is 5.94. The van der Waals surface area contributed by atoms with Crippen molar-refractivity contribution in [3.8, 4) is 0 Å². The molecule has 5 rings (SSSR count). The molecule has 2 aliphatic heterocycles. The van der Waals surface area contributed by atoms with Gasteiger partial charge in [-0.25, -0.2) is 0 Å². The number of hydrogen-bond acceptors (Lipinski definition) is 3. The minimum absolute atomic E-state index is 0.00269. The standard InChI is InChI=1S/C34H41N3O2/c1-34(2,3)30-16-14-28(15-17-30)32(38)36-20-18-29(19-21-36)33(39)37-24-22-35(23-25-37)31(26-10-6-4-7-11-26)27-12-8-5-9-13-27/h4-17,29,31H,18-25H2,1-3H3. The first-order valence-electron chi connectivity index (χ1n) is 14.3. The van der Waals surface area contributed by atoms with E-state index >= 15 is 0 Å². The lowest BCUT2D eigenvalue weighted by Gasteiger charge is -2.41. The molecule has 0 atom stereocenters. The molecule has 0 N–H and O–H groups in total. The zero-order chi connectivity index (χ0) is 27.4. The first-order valence-corrected chi connectivity index (χ1v) is 14.3. The molecule has 5 nitrogen and oxygen atoms in total. The number of rotatable bonds is 5. The summed E-state index contributed by atoms with van der Waals surface area (Å²) in [5.74, 6) is 0.331. The topological polar surface area (TPSA) is 43.9 Å². The molecule has 2 saturated heterocycles. The molecule has 39 heavy (non-hydrogen) atoms. The number of benzene rings is 3. The van der Waals surface area contributed by atoms with Gasteiger partial charge in [0.1, 0.15) is 0 Å². The van der Waals surface area contributed by atoms with Gasteiger partial charge in [0.15, 0.2) is 0 Å². The SMILES string of the molecule is CC(C)(C)c1ccc(C(=O)N2CCC(C(=O)N3CCN(C(c4ccccc4)c4ccccc4)CC3)CC2)cc1. The summed E-state index contributed by atoms with van der Waals surface area (Å²) in [4.78, 5) is 33.0. The molecule has 2 fully saturated rings. The van der Waals surface area contributed by atoms with Gasteiger partial charge in [-0.2, -0.15) is 0 Å². The van der Waals surface area contributed by atoms with Crippen molar-refractivity contribution in [3.05, 3.63) is 107 Å². The summed E-state index contributed by atoms with van der Waals surface area (Å²) in [5, 5.41) is 0. The number of hydrogen-bond donors (Lipinski definition) is 0. The summed E-state index contributed by atoms with van der Waals surface area (Å²) in [6, 6.07) is 29.5. The summed E-state index contributed by atoms with van der Waals surface area (Å²) < 4.78 is 0. The van der Waals surface area contributed by atoms with Gasteiger partial charge >= 0.3 is 0 Å². The molecule has 5 heteroatoms. The Morgan fingerprint density at radius 1 is 0.667 bits per heavy atom. The van der Waals surface area contributed by atoms with Crippen LogP contribution in [0, 0.1) is 5.92 Å². The minimum atomic E-state index is 0.00269. The van der Waals surface area contributed by atoms with Crippen molar-refractivity contribution in [3.63, 3.8) is 0 Å². The van der Waals surface area contributed by atoms with E-state index < -0.39 is 0 Å². The van der Waals surface area contributed by atoms with Crippen molar-refractivity contribution in [2.24, 2.45) is 5.92 Å². The molecule has 0 radical (unpaired) electrons. The third-order valence-electron chi connectivity index (χ3n) is 8.35. The van der Waals surface area contributed by atoms with Crippen LogP contribution in [0.5, 0.6) is 0 Å². The maximum atomic E-state index is 13.5. The van der Waals surface area contributed by atoms with Gasteiger partial charge in [0.05, 0.1) is 6.04 Å². The van der Waals surface area contributed by atoms with E-state index in [1.165, 1.54) is 16.7 Å². The monoisotopic (exact) mass is 523 g/mol. The predicted molar refractivity (Wildman–Crippen MR) is 157 cm³/mol. The number of nitrogens with zero attached hydrogens (tertiary/aromatic N) is 3. The molecule has 0 aromatic heterocycles. The molecule has 0 unspecified atom stereocenters. The van der Waals surface area contributed by atoms with Gasteiger partial charge in [0.2, 0.25) is 5.91 Å². The van der Waals surface area contributed by atoms with Crippen LogP contribution in [0.15, 0.2) is 84.9 Å². The number of carbonyl (C=O) groups is 2. The Labute approximate surface area is 233 Å². The van der Waals surface area contributed by atoms with E-state index in [1.54, 1.807) is 0 Å². The number of piperazine rings is 1. The molecule has 204 valence electrons. The van der Waals surface area contributed by atoms with Gasteiger partial charge in [-0.05, 0) is 47.1 Å². The number of likely N-dealkylation sites (tertiary alicyclic amines) is 1. The van der Waals surface area contributed by atoms with Gasteiger partial charge in [0.25, 0.3) is 5.91 Å². The molecule has 0 spiro atoms. The Balaban J connectivity index is 1.16. The lowest BCUT2D eigenvalue weighted by atomic mass is 9.86. The molecule has 2 amide bonds. The maximum absolute atomic E-state index is 13.5. The molecule has 2 aliphatic rings. The largest absolute Gasteiger partial charge is 0.340 e. The second kappa shape index (κ2) is 11.7. The lowest BCUT2D eigenvalue weighted by molar-refractivity contribution is -0.139. The average molecular weight is 524 g/mol. The van der Waals surface area contributed by atoms with Gasteiger partial charge in [-0.15, -0.1) is 0 Å². The van der Waals surface area contributed by atoms with E-state index in [0.29, 0.717) is 13.1 Å². The zero-order valence-corrected chi connectivity index (χ0v) is 23.6. The van der Waals surface area contributed by atoms with Crippen molar-refractivity contribution >= 4 is 11.8 Å². The average Bonchev–Trinajstić information content (AvgIpc) is 2.98. The highest BCUT2D eigenvalue weighted by atomic mass is 16.2. The molecule has 3 aromatic carbocycles. The molecular weight excluding hydrogens is 482 g/mol. The lowest BCUT2D eigenvalue weighted by Crippen LogP contribution is -2.52. The fourth-order valence-corrected chi connectivity index (χ4v) is 5.97. The van der Waals surface area contributed by atoms with Crippen LogP contribution in [0.1, 0.15) is 66.7 Å². The highest BCUT2D eigenvalue weighted by Crippen LogP contribution is 2.30. The minimum Gasteiger partial charge on any atom is -0.340 e. The molecule has 3 aromatic rings. The summed E-state index contributed by atoms with van der Waals surface area (Å²) in [7, 11) is 0. The summed E-state index contributed by atoms with van der Waals surface area (Å²) >= 11 is 0. The first kappa shape index (κ1) is 27.1. The fourth-order valence-electron chi connectivity index (χ4n) is 5.97. The Morgan fingerprint density at radius 2 is 1.18 bits per heavy atom. The zero-order valence-electron chi connectivity index (χ0n) is 23.6.